The van der Waals surface area contributed by atoms with Gasteiger partial charge in [0.25, 0.3) is 0 Å². The number of nitrogens with zero attached hydrogens (tertiary/aromatic N) is 1. The molecule has 4 N–H and O–H groups in total. The molecule has 0 spiro atoms. The van der Waals surface area contributed by atoms with Crippen LogP contribution in [0.25, 0.3) is 0 Å². The first-order valence-electron chi connectivity index (χ1n) is 50.5. The third-order valence-electron chi connectivity index (χ3n) is 24.6. The van der Waals surface area contributed by atoms with Crippen LogP contribution >= 0.6 is 29.5 Å². The molecule has 14 unspecified atom stereocenters. The Balaban J connectivity index is 0.000000222. The van der Waals surface area contributed by atoms with Gasteiger partial charge in [-0.3, -0.25) is 18.3 Å². The van der Waals surface area contributed by atoms with E-state index in [0.717, 1.165) is 74.9 Å². The number of hydrogen-bond acceptors (Lipinski definition) is 24. The van der Waals surface area contributed by atoms with Crippen molar-refractivity contribution in [3.63, 3.8) is 0 Å². The molecule has 0 aromatic heterocycles. The van der Waals surface area contributed by atoms with E-state index in [1.807, 2.05) is 246 Å². The minimum Gasteiger partial charge on any atom is -0.497 e. The van der Waals surface area contributed by atoms with E-state index in [4.69, 9.17) is 60.7 Å². The summed E-state index contributed by atoms with van der Waals surface area (Å²) in [6.07, 6.45) is 1.64. The zero-order chi connectivity index (χ0) is 108. The van der Waals surface area contributed by atoms with Gasteiger partial charge < -0.3 is 76.5 Å². The van der Waals surface area contributed by atoms with Crippen LogP contribution in [-0.4, -0.2) is 193 Å². The van der Waals surface area contributed by atoms with E-state index in [0.29, 0.717) is 113 Å². The quantitative estimate of drug-likeness (QED) is 0.0204. The Labute approximate surface area is 886 Å². The van der Waals surface area contributed by atoms with Gasteiger partial charge in [-0.05, 0) is 192 Å². The number of amides is 2. The molecule has 0 saturated carbocycles. The largest absolute Gasteiger partial charge is 0.497 e. The van der Waals surface area contributed by atoms with E-state index in [1.165, 1.54) is 46.8 Å². The number of nitrogens with one attached hydrogen (secondary N) is 3. The van der Waals surface area contributed by atoms with Gasteiger partial charge in [0.05, 0.1) is 113 Å². The van der Waals surface area contributed by atoms with Gasteiger partial charge in [0.1, 0.15) is 29.8 Å². The summed E-state index contributed by atoms with van der Waals surface area (Å²) >= 11 is 0. The fourth-order valence-corrected chi connectivity index (χ4v) is 26.7. The highest BCUT2D eigenvalue weighted by Gasteiger charge is 2.46. The molecule has 816 valence electrons. The lowest BCUT2D eigenvalue weighted by Gasteiger charge is -2.30. The molecule has 34 heteroatoms. The number of aliphatic hydroxyl groups is 1. The lowest BCUT2D eigenvalue weighted by Crippen LogP contribution is -2.51. The average molecular weight is 2170 g/mol. The minimum atomic E-state index is -4.06. The molecule has 5 heterocycles. The summed E-state index contributed by atoms with van der Waals surface area (Å²) in [6.45, 7) is 35.7. The SMILES string of the molecule is C.CC(C)CP(C)(=O)OCc1ccccc1.CC(C)CP(C)(=O)OCc1ccccc1.CC(C)CP(C)(=O)OCc1ccccc1.CC(C)CP(C)(=O)OCc1ccccc1.COc1ccc(S(=O)(=O)N(Cc2ccc(C)c(C)c2)CC(O)C(Cc2ccccc2)NC(=O)OC2COC3OCCC23)cc1.COc1ccc(S(=O)(=O)NCc2ccc(C)c(C)c2)cc1.O=C(NC(Cc1ccccc1)C1CO1)OC1COC2OCCC12. The van der Waals surface area contributed by atoms with Crippen molar-refractivity contribution in [2.75, 3.05) is 105 Å². The lowest BCUT2D eigenvalue weighted by molar-refractivity contribution is -0.0909. The third-order valence-corrected chi connectivity index (χ3v) is 36.1. The number of ether oxygens (including phenoxy) is 9. The van der Waals surface area contributed by atoms with Gasteiger partial charge in [-0.25, -0.2) is 31.1 Å². The number of sulfonamides is 2. The zero-order valence-corrected chi connectivity index (χ0v) is 94.2. The van der Waals surface area contributed by atoms with Crippen LogP contribution in [0.1, 0.15) is 142 Å². The number of fused-ring (bicyclic) bond motifs is 2. The summed E-state index contributed by atoms with van der Waals surface area (Å²) in [5.41, 5.74) is 12.5. The maximum atomic E-state index is 14.0. The number of rotatable bonds is 42. The Hall–Kier alpha value is -9.32. The van der Waals surface area contributed by atoms with Crippen LogP contribution < -0.4 is 24.8 Å². The first-order valence-corrected chi connectivity index (χ1v) is 62.5. The topological polar surface area (TPSA) is 354 Å². The molecule has 5 fully saturated rings. The van der Waals surface area contributed by atoms with Gasteiger partial charge in [0.15, 0.2) is 12.6 Å². The number of hydrogen-bond donors (Lipinski definition) is 4. The Morgan fingerprint density at radius 2 is 0.732 bits per heavy atom. The van der Waals surface area contributed by atoms with E-state index >= 15 is 0 Å². The maximum absolute atomic E-state index is 14.0. The summed E-state index contributed by atoms with van der Waals surface area (Å²) in [4.78, 5) is 25.7. The summed E-state index contributed by atoms with van der Waals surface area (Å²) in [7, 11) is -14.2. The number of benzene rings is 10. The van der Waals surface area contributed by atoms with Crippen LogP contribution in [0.4, 0.5) is 9.59 Å². The Bertz CT molecular complexity index is 5800. The van der Waals surface area contributed by atoms with Crippen molar-refractivity contribution in [2.24, 2.45) is 35.5 Å². The summed E-state index contributed by atoms with van der Waals surface area (Å²) < 4.78 is 175. The number of carbonyl (C=O) groups is 2. The fourth-order valence-electron chi connectivity index (χ4n) is 16.8. The first kappa shape index (κ1) is 125. The molecular weight excluding hydrogens is 2010 g/mol. The third kappa shape index (κ3) is 45.9. The number of epoxide rings is 1. The van der Waals surface area contributed by atoms with Crippen LogP contribution in [-0.2, 0) is 142 Å². The second kappa shape index (κ2) is 62.1. The van der Waals surface area contributed by atoms with Crippen LogP contribution in [0.15, 0.2) is 277 Å². The van der Waals surface area contributed by atoms with E-state index in [1.54, 1.807) is 58.0 Å². The maximum Gasteiger partial charge on any atom is 0.407 e. The van der Waals surface area contributed by atoms with E-state index in [9.17, 15) is 49.8 Å². The van der Waals surface area contributed by atoms with Crippen molar-refractivity contribution in [3.05, 3.63) is 334 Å². The standard InChI is InChI=1S/C33H40N2O8S.C17H21NO5.C16H19NO3S.4C12H19O2P.CH4/c1-22-9-10-25(17-23(22)2)19-35(44(38,39)27-13-11-26(40-3)12-14-27)20-30(36)29(18-24-7-5-4-6-8-24)34-33(37)43-31-21-42-32-28(31)15-16-41-32;19-17(23-14-9-22-16-12(14)6-7-20-16)18-13(15-10-21-15)8-11-4-2-1-3-5-11;1-12-4-5-14(10-13(12)2)11-17-21(18,19)16-8-6-15(20-3)7-9-16;4*1-11(2)10-15(3,13)14-9-12-7-5-4-6-8-12;/h4-14,17,28-32,36H,15-16,18-21H2,1-3H3,(H,34,37);1-5,12-16H,6-10H2,(H,18,19);4-10,17H,11H2,1-3H3;4*4-8,11H,9-10H2,1-3H3;1H4. The Morgan fingerprint density at radius 3 is 1.07 bits per heavy atom. The van der Waals surface area contributed by atoms with Gasteiger partial charge in [0.2, 0.25) is 49.5 Å². The molecular formula is C115H160N4O24P4S2. The molecule has 2 amide bonds. The summed E-state index contributed by atoms with van der Waals surface area (Å²) in [6, 6.07) is 82.1. The number of carbonyl (C=O) groups excluding carboxylic acids is 2. The fraction of sp³-hybridized carbons (Fsp3) is 0.461. The number of aliphatic hydroxyl groups excluding tert-OH is 1. The van der Waals surface area contributed by atoms with Crippen LogP contribution in [0.3, 0.4) is 0 Å². The molecule has 15 rings (SSSR count). The number of alkyl carbamates (subject to hydrolysis) is 2. The molecule has 28 nitrogen and oxygen atoms in total. The van der Waals surface area contributed by atoms with Crippen molar-refractivity contribution >= 4 is 61.7 Å². The molecule has 0 bridgehead atoms. The molecule has 5 saturated heterocycles. The minimum absolute atomic E-state index is 0. The highest BCUT2D eigenvalue weighted by molar-refractivity contribution is 7.89. The molecule has 14 atom stereocenters. The Morgan fingerprint density at radius 1 is 0.403 bits per heavy atom. The monoisotopic (exact) mass is 2170 g/mol. The average Bonchev–Trinajstić information content (AvgIpc) is 1.80. The first-order chi connectivity index (χ1) is 70.3. The Kier molecular flexibility index (Phi) is 52.1. The van der Waals surface area contributed by atoms with E-state index < -0.39 is 80.0 Å². The predicted octanol–water partition coefficient (Wildman–Crippen LogP) is 23.9. The van der Waals surface area contributed by atoms with Crippen molar-refractivity contribution in [1.29, 1.82) is 0 Å². The molecule has 149 heavy (non-hydrogen) atoms. The van der Waals surface area contributed by atoms with Gasteiger partial charge in [-0.1, -0.05) is 281 Å². The smallest absolute Gasteiger partial charge is 0.407 e. The molecule has 0 aliphatic carbocycles. The van der Waals surface area contributed by atoms with Crippen molar-refractivity contribution < 1.29 is 111 Å². The van der Waals surface area contributed by atoms with Gasteiger partial charge in [0, 0.05) is 70.9 Å². The second-order valence-corrected chi connectivity index (χ2v) is 54.3. The van der Waals surface area contributed by atoms with Gasteiger partial charge in [-0.2, -0.15) is 4.31 Å². The van der Waals surface area contributed by atoms with Crippen LogP contribution in [0.5, 0.6) is 11.5 Å². The van der Waals surface area contributed by atoms with Crippen molar-refractivity contribution in [3.8, 4) is 11.5 Å². The molecule has 0 radical (unpaired) electrons. The molecule has 10 aromatic rings. The van der Waals surface area contributed by atoms with Crippen molar-refractivity contribution in [1.82, 2.24) is 19.7 Å². The highest BCUT2D eigenvalue weighted by atomic mass is 32.2. The highest BCUT2D eigenvalue weighted by Crippen LogP contribution is 2.48. The van der Waals surface area contributed by atoms with Crippen LogP contribution in [0, 0.1) is 63.2 Å². The normalized spacial score (nSPS) is 19.0. The predicted molar refractivity (Wildman–Crippen MR) is 592 cm³/mol. The number of aryl methyl sites for hydroxylation is 4. The zero-order valence-electron chi connectivity index (χ0n) is 89.0. The summed E-state index contributed by atoms with van der Waals surface area (Å²) in [5, 5.41) is 17.4. The van der Waals surface area contributed by atoms with Gasteiger partial charge >= 0.3 is 12.2 Å². The lowest BCUT2D eigenvalue weighted by atomic mass is 10.0. The van der Waals surface area contributed by atoms with E-state index in [-0.39, 0.29) is 92.5 Å². The molecule has 10 aromatic carbocycles. The molecule has 5 aliphatic rings. The number of methoxy groups -OCH3 is 2. The van der Waals surface area contributed by atoms with Gasteiger partial charge in [-0.15, -0.1) is 0 Å². The summed E-state index contributed by atoms with van der Waals surface area (Å²) in [5.74, 6) is 2.93. The van der Waals surface area contributed by atoms with Crippen LogP contribution in [0.2, 0.25) is 0 Å². The van der Waals surface area contributed by atoms with E-state index in [2.05, 4.69) is 70.7 Å². The van der Waals surface area contributed by atoms with Crippen molar-refractivity contribution in [2.45, 2.75) is 215 Å². The molecule has 5 aliphatic heterocycles. The second-order valence-electron chi connectivity index (χ2n) is 40.0.